The zero-order valence-electron chi connectivity index (χ0n) is 18.8. The lowest BCUT2D eigenvalue weighted by Crippen LogP contribution is -2.58. The minimum absolute atomic E-state index is 0.00642. The van der Waals surface area contributed by atoms with E-state index >= 15 is 0 Å². The number of sulfone groups is 1. The maximum absolute atomic E-state index is 13.6. The highest BCUT2D eigenvalue weighted by molar-refractivity contribution is 7.92. The molecule has 2 saturated carbocycles. The normalized spacial score (nSPS) is 27.9. The third-order valence-corrected chi connectivity index (χ3v) is 9.97. The van der Waals surface area contributed by atoms with Gasteiger partial charge >= 0.3 is 0 Å². The second kappa shape index (κ2) is 9.40. The van der Waals surface area contributed by atoms with Gasteiger partial charge in [-0.3, -0.25) is 4.79 Å². The van der Waals surface area contributed by atoms with Gasteiger partial charge < -0.3 is 20.6 Å². The molecule has 1 amide bonds. The molecule has 2 aliphatic rings. The molecule has 4 N–H and O–H groups in total. The maximum atomic E-state index is 13.6. The van der Waals surface area contributed by atoms with E-state index in [1.165, 1.54) is 25.1 Å². The van der Waals surface area contributed by atoms with E-state index in [0.29, 0.717) is 12.8 Å². The first-order valence-corrected chi connectivity index (χ1v) is 13.2. The van der Waals surface area contributed by atoms with Crippen molar-refractivity contribution in [2.24, 2.45) is 11.8 Å². The molecular weight excluding hydrogens is 504 g/mol. The molecule has 6 atom stereocenters. The monoisotopic (exact) mass is 529 g/mol. The average molecular weight is 530 g/mol. The van der Waals surface area contributed by atoms with Gasteiger partial charge in [-0.25, -0.2) is 17.2 Å². The van der Waals surface area contributed by atoms with Crippen molar-refractivity contribution >= 4 is 33.0 Å². The van der Waals surface area contributed by atoms with Crippen LogP contribution in [-0.2, 0) is 9.84 Å². The highest BCUT2D eigenvalue weighted by Gasteiger charge is 2.59. The number of hydrogen-bond donors (Lipinski definition) is 4. The predicted octanol–water partition coefficient (Wildman–Crippen LogP) is 3.31. The SMILES string of the molecule is CC(O)C(O)[C@@]1(O)C2CC[C@H]1C[C@H](S(=O)(=O)c1cc(C(=O)Nc3ccc(F)c(F)c3)ccc1Cl)C2. The van der Waals surface area contributed by atoms with Crippen LogP contribution in [0.1, 0.15) is 43.0 Å². The van der Waals surface area contributed by atoms with E-state index in [2.05, 4.69) is 5.32 Å². The minimum Gasteiger partial charge on any atom is -0.391 e. The first-order chi connectivity index (χ1) is 16.4. The third kappa shape index (κ3) is 4.58. The molecule has 35 heavy (non-hydrogen) atoms. The van der Waals surface area contributed by atoms with Gasteiger partial charge in [-0.15, -0.1) is 0 Å². The fraction of sp³-hybridized carbons (Fsp3) is 0.458. The Kier molecular flexibility index (Phi) is 6.98. The second-order valence-electron chi connectivity index (χ2n) is 9.41. The number of aliphatic hydroxyl groups is 3. The number of aliphatic hydroxyl groups excluding tert-OH is 2. The molecule has 0 heterocycles. The molecule has 0 spiro atoms. The van der Waals surface area contributed by atoms with E-state index < -0.39 is 62.3 Å². The molecule has 3 unspecified atom stereocenters. The Morgan fingerprint density at radius 3 is 2.29 bits per heavy atom. The molecule has 2 aromatic rings. The van der Waals surface area contributed by atoms with Crippen LogP contribution in [-0.4, -0.2) is 52.7 Å². The fourth-order valence-electron chi connectivity index (χ4n) is 5.48. The van der Waals surface area contributed by atoms with Gasteiger partial charge in [0.1, 0.15) is 6.10 Å². The van der Waals surface area contributed by atoms with Crippen LogP contribution in [0.25, 0.3) is 0 Å². The summed E-state index contributed by atoms with van der Waals surface area (Å²) in [6.45, 7) is 1.38. The molecule has 2 aromatic carbocycles. The van der Waals surface area contributed by atoms with Crippen molar-refractivity contribution < 1.29 is 37.3 Å². The number of benzene rings is 2. The number of carbonyl (C=O) groups excluding carboxylic acids is 1. The van der Waals surface area contributed by atoms with E-state index in [1.54, 1.807) is 0 Å². The molecule has 2 fully saturated rings. The molecule has 0 aromatic heterocycles. The summed E-state index contributed by atoms with van der Waals surface area (Å²) in [5, 5.41) is 32.9. The van der Waals surface area contributed by atoms with Gasteiger partial charge in [-0.1, -0.05) is 11.6 Å². The highest BCUT2D eigenvalue weighted by Crippen LogP contribution is 2.54. The number of anilines is 1. The van der Waals surface area contributed by atoms with Gasteiger partial charge in [0.15, 0.2) is 21.5 Å². The Morgan fingerprint density at radius 2 is 1.71 bits per heavy atom. The van der Waals surface area contributed by atoms with Crippen molar-refractivity contribution in [2.45, 2.75) is 60.6 Å². The summed E-state index contributed by atoms with van der Waals surface area (Å²) in [4.78, 5) is 12.4. The van der Waals surface area contributed by atoms with Gasteiger partial charge in [-0.2, -0.15) is 0 Å². The van der Waals surface area contributed by atoms with Crippen molar-refractivity contribution in [3.8, 4) is 0 Å². The van der Waals surface area contributed by atoms with Crippen molar-refractivity contribution in [3.05, 3.63) is 58.6 Å². The summed E-state index contributed by atoms with van der Waals surface area (Å²) in [5.74, 6) is -4.00. The number of carbonyl (C=O) groups is 1. The molecule has 4 rings (SSSR count). The number of amides is 1. The van der Waals surface area contributed by atoms with E-state index in [0.717, 1.165) is 18.2 Å². The smallest absolute Gasteiger partial charge is 0.255 e. The Balaban J connectivity index is 1.59. The molecule has 0 radical (unpaired) electrons. The maximum Gasteiger partial charge on any atom is 0.255 e. The minimum atomic E-state index is -4.03. The first-order valence-electron chi connectivity index (χ1n) is 11.2. The quantitative estimate of drug-likeness (QED) is 0.455. The van der Waals surface area contributed by atoms with Crippen LogP contribution < -0.4 is 5.32 Å². The van der Waals surface area contributed by atoms with Crippen LogP contribution in [0.2, 0.25) is 5.02 Å². The molecule has 7 nitrogen and oxygen atoms in total. The Bertz CT molecular complexity index is 1240. The van der Waals surface area contributed by atoms with Crippen LogP contribution in [0, 0.1) is 23.5 Å². The lowest BCUT2D eigenvalue weighted by molar-refractivity contribution is -0.172. The van der Waals surface area contributed by atoms with Gasteiger partial charge in [0.25, 0.3) is 5.91 Å². The number of rotatable bonds is 6. The molecule has 0 aliphatic heterocycles. The van der Waals surface area contributed by atoms with E-state index in [4.69, 9.17) is 11.6 Å². The van der Waals surface area contributed by atoms with Crippen LogP contribution >= 0.6 is 11.6 Å². The molecule has 190 valence electrons. The van der Waals surface area contributed by atoms with Gasteiger partial charge in [0.2, 0.25) is 0 Å². The van der Waals surface area contributed by atoms with Gasteiger partial charge in [-0.05, 0) is 74.8 Å². The Hall–Kier alpha value is -2.11. The first kappa shape index (κ1) is 26.0. The largest absolute Gasteiger partial charge is 0.391 e. The summed E-state index contributed by atoms with van der Waals surface area (Å²) in [5.41, 5.74) is -1.62. The van der Waals surface area contributed by atoms with Crippen LogP contribution in [0.3, 0.4) is 0 Å². The molecular formula is C24H26ClF2NO6S. The topological polar surface area (TPSA) is 124 Å². The molecule has 2 bridgehead atoms. The summed E-state index contributed by atoms with van der Waals surface area (Å²) in [7, 11) is -4.03. The summed E-state index contributed by atoms with van der Waals surface area (Å²) in [6.07, 6.45) is -1.39. The average Bonchev–Trinajstić information content (AvgIpc) is 2.97. The summed E-state index contributed by atoms with van der Waals surface area (Å²) in [6, 6.07) is 6.57. The Labute approximate surface area is 206 Å². The number of hydrogen-bond acceptors (Lipinski definition) is 6. The zero-order valence-corrected chi connectivity index (χ0v) is 20.4. The van der Waals surface area contributed by atoms with Crippen molar-refractivity contribution in [2.75, 3.05) is 5.32 Å². The van der Waals surface area contributed by atoms with Crippen molar-refractivity contribution in [3.63, 3.8) is 0 Å². The van der Waals surface area contributed by atoms with Crippen LogP contribution in [0.15, 0.2) is 41.3 Å². The van der Waals surface area contributed by atoms with Crippen molar-refractivity contribution in [1.82, 2.24) is 0 Å². The van der Waals surface area contributed by atoms with E-state index in [1.807, 2.05) is 0 Å². The number of fused-ring (bicyclic) bond motifs is 2. The lowest BCUT2D eigenvalue weighted by Gasteiger charge is -2.46. The number of nitrogens with one attached hydrogen (secondary N) is 1. The number of halogens is 3. The lowest BCUT2D eigenvalue weighted by atomic mass is 9.70. The van der Waals surface area contributed by atoms with Crippen molar-refractivity contribution in [1.29, 1.82) is 0 Å². The zero-order chi connectivity index (χ0) is 25.7. The second-order valence-corrected chi connectivity index (χ2v) is 12.0. The predicted molar refractivity (Wildman–Crippen MR) is 125 cm³/mol. The molecule has 2 aliphatic carbocycles. The standard InChI is InChI=1S/C24H26ClF2NO6S/c1-12(29)22(30)24(32)14-3-4-15(24)10-17(9-14)35(33,34)21-8-13(2-6-18(21)25)23(31)28-16-5-7-19(26)20(27)11-16/h2,5-8,11-12,14-15,17,22,29-30,32H,3-4,9-10H2,1H3,(H,28,31)/t12?,14-,15?,17-,22?,24-/m0/s1. The summed E-state index contributed by atoms with van der Waals surface area (Å²) < 4.78 is 53.7. The van der Waals surface area contributed by atoms with E-state index in [-0.39, 0.29) is 34.0 Å². The third-order valence-electron chi connectivity index (χ3n) is 7.31. The fourth-order valence-corrected chi connectivity index (χ4v) is 7.89. The highest BCUT2D eigenvalue weighted by atomic mass is 35.5. The van der Waals surface area contributed by atoms with Gasteiger partial charge in [0, 0.05) is 17.3 Å². The molecule has 11 heteroatoms. The van der Waals surface area contributed by atoms with Crippen LogP contribution in [0.4, 0.5) is 14.5 Å². The van der Waals surface area contributed by atoms with Crippen LogP contribution in [0.5, 0.6) is 0 Å². The summed E-state index contributed by atoms with van der Waals surface area (Å²) >= 11 is 6.21. The van der Waals surface area contributed by atoms with Gasteiger partial charge in [0.05, 0.1) is 26.9 Å². The van der Waals surface area contributed by atoms with E-state index in [9.17, 15) is 37.3 Å². The molecule has 0 saturated heterocycles. The Morgan fingerprint density at radius 1 is 1.09 bits per heavy atom.